The number of hydrogen-bond acceptors (Lipinski definition) is 2. The van der Waals surface area contributed by atoms with E-state index >= 15 is 0 Å². The highest BCUT2D eigenvalue weighted by Gasteiger charge is 2.31. The molecule has 148 valence electrons. The average Bonchev–Trinajstić information content (AvgIpc) is 2.74. The van der Waals surface area contributed by atoms with Crippen molar-refractivity contribution in [3.63, 3.8) is 0 Å². The summed E-state index contributed by atoms with van der Waals surface area (Å²) in [6, 6.07) is 24.1. The number of carboxylic acids is 1. The summed E-state index contributed by atoms with van der Waals surface area (Å²) in [5.41, 5.74) is 3.14. The fraction of sp³-hybridized carbons (Fsp3) is 0.200. The Morgan fingerprint density at radius 1 is 0.897 bits per heavy atom. The van der Waals surface area contributed by atoms with E-state index in [4.69, 9.17) is 11.6 Å². The van der Waals surface area contributed by atoms with E-state index in [1.165, 1.54) is 0 Å². The van der Waals surface area contributed by atoms with E-state index in [1.54, 1.807) is 24.3 Å². The molecule has 3 aromatic rings. The molecular weight excluding hydrogens is 384 g/mol. The molecule has 0 saturated heterocycles. The van der Waals surface area contributed by atoms with E-state index < -0.39 is 11.9 Å². The molecule has 3 aromatic carbocycles. The first-order chi connectivity index (χ1) is 14.0. The molecule has 0 bridgehead atoms. The fourth-order valence-electron chi connectivity index (χ4n) is 3.77. The van der Waals surface area contributed by atoms with E-state index in [9.17, 15) is 14.7 Å². The maximum Gasteiger partial charge on any atom is 0.307 e. The van der Waals surface area contributed by atoms with Crippen LogP contribution in [0.2, 0.25) is 5.02 Å². The second kappa shape index (κ2) is 9.53. The first-order valence-electron chi connectivity index (χ1n) is 9.67. The normalized spacial score (nSPS) is 12.9. The topological polar surface area (TPSA) is 54.4 Å². The molecule has 0 aliphatic heterocycles. The molecular formula is C25H23ClO3. The molecule has 0 spiro atoms. The van der Waals surface area contributed by atoms with Crippen LogP contribution in [-0.4, -0.2) is 16.9 Å². The van der Waals surface area contributed by atoms with Crippen molar-refractivity contribution in [2.75, 3.05) is 0 Å². The van der Waals surface area contributed by atoms with Crippen molar-refractivity contribution in [3.8, 4) is 11.1 Å². The Bertz CT molecular complexity index is 980. The summed E-state index contributed by atoms with van der Waals surface area (Å²) >= 11 is 5.98. The molecule has 0 radical (unpaired) electrons. The van der Waals surface area contributed by atoms with Crippen molar-refractivity contribution in [3.05, 3.63) is 95.0 Å². The van der Waals surface area contributed by atoms with Crippen LogP contribution in [0.4, 0.5) is 0 Å². The minimum absolute atomic E-state index is 0.0483. The summed E-state index contributed by atoms with van der Waals surface area (Å²) in [5, 5.41) is 10.5. The van der Waals surface area contributed by atoms with Gasteiger partial charge in [-0.15, -0.1) is 0 Å². The Morgan fingerprint density at radius 3 is 2.14 bits per heavy atom. The van der Waals surface area contributed by atoms with Gasteiger partial charge in [0.05, 0.1) is 5.92 Å². The van der Waals surface area contributed by atoms with Crippen molar-refractivity contribution in [2.24, 2.45) is 5.92 Å². The lowest BCUT2D eigenvalue weighted by Crippen LogP contribution is -2.25. The van der Waals surface area contributed by atoms with Crippen LogP contribution >= 0.6 is 11.6 Å². The molecule has 3 rings (SSSR count). The highest BCUT2D eigenvalue weighted by molar-refractivity contribution is 6.30. The van der Waals surface area contributed by atoms with Crippen LogP contribution in [0, 0.1) is 5.92 Å². The molecule has 0 aliphatic carbocycles. The average molecular weight is 407 g/mol. The van der Waals surface area contributed by atoms with Gasteiger partial charge in [0, 0.05) is 17.0 Å². The summed E-state index contributed by atoms with van der Waals surface area (Å²) in [7, 11) is 0. The molecule has 1 N–H and O–H groups in total. The second-order valence-corrected chi connectivity index (χ2v) is 7.49. The van der Waals surface area contributed by atoms with E-state index in [0.29, 0.717) is 17.0 Å². The Labute approximate surface area is 176 Å². The first-order valence-corrected chi connectivity index (χ1v) is 10.0. The van der Waals surface area contributed by atoms with Gasteiger partial charge in [-0.3, -0.25) is 9.59 Å². The monoisotopic (exact) mass is 406 g/mol. The number of carbonyl (C=O) groups excluding carboxylic acids is 1. The van der Waals surface area contributed by atoms with Crippen molar-refractivity contribution < 1.29 is 14.7 Å². The molecule has 2 atom stereocenters. The van der Waals surface area contributed by atoms with E-state index in [1.807, 2.05) is 61.5 Å². The van der Waals surface area contributed by atoms with Gasteiger partial charge in [-0.25, -0.2) is 0 Å². The number of Topliss-reactive ketones (excluding diaryl/α,β-unsaturated/α-hetero) is 1. The minimum atomic E-state index is -0.946. The molecule has 2 unspecified atom stereocenters. The number of benzene rings is 3. The van der Waals surface area contributed by atoms with E-state index in [-0.39, 0.29) is 18.1 Å². The van der Waals surface area contributed by atoms with Crippen molar-refractivity contribution in [2.45, 2.75) is 25.7 Å². The quantitative estimate of drug-likeness (QED) is 0.436. The molecule has 0 fully saturated rings. The zero-order chi connectivity index (χ0) is 20.8. The standard InChI is InChI=1S/C25H23ClO3/c1-2-20(17-8-4-3-5-9-17)23(25(28)29)16-24(27)22-11-7-6-10-21(22)18-12-14-19(26)15-13-18/h3-15,20,23H,2,16H2,1H3,(H,28,29). The lowest BCUT2D eigenvalue weighted by atomic mass is 9.80. The summed E-state index contributed by atoms with van der Waals surface area (Å²) in [4.78, 5) is 25.2. The lowest BCUT2D eigenvalue weighted by Gasteiger charge is -2.23. The van der Waals surface area contributed by atoms with Crippen LogP contribution < -0.4 is 0 Å². The number of carbonyl (C=O) groups is 2. The van der Waals surface area contributed by atoms with Crippen LogP contribution in [0.3, 0.4) is 0 Å². The van der Waals surface area contributed by atoms with Gasteiger partial charge < -0.3 is 5.11 Å². The summed E-state index contributed by atoms with van der Waals surface area (Å²) < 4.78 is 0. The Morgan fingerprint density at radius 2 is 1.52 bits per heavy atom. The van der Waals surface area contributed by atoms with Crippen molar-refractivity contribution >= 4 is 23.4 Å². The van der Waals surface area contributed by atoms with Gasteiger partial charge >= 0.3 is 5.97 Å². The van der Waals surface area contributed by atoms with Crippen LogP contribution in [0.5, 0.6) is 0 Å². The third-order valence-corrected chi connectivity index (χ3v) is 5.51. The van der Waals surface area contributed by atoms with Crippen molar-refractivity contribution in [1.82, 2.24) is 0 Å². The smallest absolute Gasteiger partial charge is 0.307 e. The lowest BCUT2D eigenvalue weighted by molar-refractivity contribution is -0.142. The van der Waals surface area contributed by atoms with Crippen molar-refractivity contribution in [1.29, 1.82) is 0 Å². The zero-order valence-corrected chi connectivity index (χ0v) is 17.0. The van der Waals surface area contributed by atoms with Gasteiger partial charge in [0.1, 0.15) is 0 Å². The van der Waals surface area contributed by atoms with Crippen LogP contribution in [0.15, 0.2) is 78.9 Å². The summed E-state index contributed by atoms with van der Waals surface area (Å²) in [5.74, 6) is -2.12. The van der Waals surface area contributed by atoms with Gasteiger partial charge in [0.25, 0.3) is 0 Å². The minimum Gasteiger partial charge on any atom is -0.481 e. The third kappa shape index (κ3) is 4.93. The van der Waals surface area contributed by atoms with Gasteiger partial charge in [0.2, 0.25) is 0 Å². The molecule has 3 nitrogen and oxygen atoms in total. The number of carboxylic acid groups (broad SMARTS) is 1. The largest absolute Gasteiger partial charge is 0.481 e. The number of halogens is 1. The highest BCUT2D eigenvalue weighted by Crippen LogP contribution is 2.33. The molecule has 29 heavy (non-hydrogen) atoms. The molecule has 0 amide bonds. The number of ketones is 1. The molecule has 0 aliphatic rings. The predicted octanol–water partition coefficient (Wildman–Crippen LogP) is 6.47. The van der Waals surface area contributed by atoms with E-state index in [0.717, 1.165) is 16.7 Å². The number of aliphatic carboxylic acids is 1. The molecule has 4 heteroatoms. The maximum absolute atomic E-state index is 13.2. The summed E-state index contributed by atoms with van der Waals surface area (Å²) in [6.07, 6.45) is 0.598. The van der Waals surface area contributed by atoms with Gasteiger partial charge in [-0.1, -0.05) is 85.3 Å². The number of hydrogen-bond donors (Lipinski definition) is 1. The Balaban J connectivity index is 1.92. The SMILES string of the molecule is CCC(c1ccccc1)C(CC(=O)c1ccccc1-c1ccc(Cl)cc1)C(=O)O. The summed E-state index contributed by atoms with van der Waals surface area (Å²) in [6.45, 7) is 1.96. The molecule has 0 heterocycles. The van der Waals surface area contributed by atoms with Gasteiger partial charge in [-0.05, 0) is 41.2 Å². The molecule has 0 aromatic heterocycles. The molecule has 0 saturated carbocycles. The highest BCUT2D eigenvalue weighted by atomic mass is 35.5. The third-order valence-electron chi connectivity index (χ3n) is 5.26. The van der Waals surface area contributed by atoms with Crippen LogP contribution in [0.1, 0.15) is 41.6 Å². The number of rotatable bonds is 8. The predicted molar refractivity (Wildman–Crippen MR) is 116 cm³/mol. The fourth-order valence-corrected chi connectivity index (χ4v) is 3.90. The first kappa shape index (κ1) is 20.8. The zero-order valence-electron chi connectivity index (χ0n) is 16.2. The van der Waals surface area contributed by atoms with Gasteiger partial charge in [0.15, 0.2) is 5.78 Å². The Hall–Kier alpha value is -2.91. The van der Waals surface area contributed by atoms with Gasteiger partial charge in [-0.2, -0.15) is 0 Å². The maximum atomic E-state index is 13.2. The van der Waals surface area contributed by atoms with Crippen LogP contribution in [-0.2, 0) is 4.79 Å². The second-order valence-electron chi connectivity index (χ2n) is 7.05. The van der Waals surface area contributed by atoms with E-state index in [2.05, 4.69) is 0 Å². The Kier molecular flexibility index (Phi) is 6.84. The van der Waals surface area contributed by atoms with Crippen LogP contribution in [0.25, 0.3) is 11.1 Å².